The molecule has 128 valence electrons. The van der Waals surface area contributed by atoms with Gasteiger partial charge >= 0.3 is 5.97 Å². The molecule has 1 aromatic carbocycles. The Morgan fingerprint density at radius 2 is 2.04 bits per heavy atom. The van der Waals surface area contributed by atoms with Crippen molar-refractivity contribution in [3.05, 3.63) is 34.3 Å². The minimum Gasteiger partial charge on any atom is -0.384 e. The van der Waals surface area contributed by atoms with Gasteiger partial charge in [0.25, 0.3) is 0 Å². The quantitative estimate of drug-likeness (QED) is 0.280. The van der Waals surface area contributed by atoms with Gasteiger partial charge in [0.2, 0.25) is 0 Å². The number of amidine groups is 1. The summed E-state index contributed by atoms with van der Waals surface area (Å²) in [4.78, 5) is 30.1. The maximum absolute atomic E-state index is 12.6. The number of benzene rings is 1. The van der Waals surface area contributed by atoms with E-state index in [0.29, 0.717) is 19.3 Å². The molecule has 2 atom stereocenters. The molecule has 3 rings (SSSR count). The van der Waals surface area contributed by atoms with E-state index in [9.17, 15) is 9.59 Å². The molecule has 6 heteroatoms. The highest BCUT2D eigenvalue weighted by Gasteiger charge is 2.69. The summed E-state index contributed by atoms with van der Waals surface area (Å²) in [7, 11) is 0. The molecular formula is C18H21BrN2O3. The van der Waals surface area contributed by atoms with Gasteiger partial charge < -0.3 is 10.6 Å². The van der Waals surface area contributed by atoms with E-state index in [0.717, 1.165) is 16.5 Å². The van der Waals surface area contributed by atoms with Gasteiger partial charge in [-0.2, -0.15) is 0 Å². The van der Waals surface area contributed by atoms with Crippen molar-refractivity contribution in [1.29, 1.82) is 0 Å². The first kappa shape index (κ1) is 17.1. The first-order valence-corrected chi connectivity index (χ1v) is 8.88. The van der Waals surface area contributed by atoms with E-state index in [2.05, 4.69) is 21.1 Å². The maximum atomic E-state index is 12.6. The number of Topliss-reactive ketones (excluding diaryl/α,β-unsaturated/α-hetero) is 1. The van der Waals surface area contributed by atoms with Crippen LogP contribution in [0, 0.1) is 16.7 Å². The number of ketones is 1. The average molecular weight is 393 g/mol. The Balaban J connectivity index is 1.70. The molecule has 0 heterocycles. The van der Waals surface area contributed by atoms with Crippen molar-refractivity contribution in [2.45, 2.75) is 39.5 Å². The third-order valence-corrected chi connectivity index (χ3v) is 6.32. The number of nitrogens with zero attached hydrogens (tertiary/aromatic N) is 1. The van der Waals surface area contributed by atoms with Crippen LogP contribution in [0.3, 0.4) is 0 Å². The molecule has 2 bridgehead atoms. The highest BCUT2D eigenvalue weighted by molar-refractivity contribution is 9.10. The summed E-state index contributed by atoms with van der Waals surface area (Å²) >= 11 is 3.37. The van der Waals surface area contributed by atoms with Crippen molar-refractivity contribution in [1.82, 2.24) is 0 Å². The molecule has 0 saturated heterocycles. The van der Waals surface area contributed by atoms with Gasteiger partial charge in [-0.3, -0.25) is 4.79 Å². The summed E-state index contributed by atoms with van der Waals surface area (Å²) in [6.07, 6.45) is 2.27. The first-order valence-electron chi connectivity index (χ1n) is 8.09. The van der Waals surface area contributed by atoms with Crippen LogP contribution in [0.2, 0.25) is 0 Å². The third-order valence-electron chi connectivity index (χ3n) is 5.79. The van der Waals surface area contributed by atoms with Crippen molar-refractivity contribution in [3.8, 4) is 0 Å². The van der Waals surface area contributed by atoms with Gasteiger partial charge in [0.05, 0.1) is 0 Å². The summed E-state index contributed by atoms with van der Waals surface area (Å²) in [5, 5.41) is 3.78. The molecule has 24 heavy (non-hydrogen) atoms. The Morgan fingerprint density at radius 3 is 2.58 bits per heavy atom. The molecule has 2 N–H and O–H groups in total. The van der Waals surface area contributed by atoms with Gasteiger partial charge in [-0.25, -0.2) is 4.79 Å². The molecule has 0 aliphatic heterocycles. The highest BCUT2D eigenvalue weighted by Crippen LogP contribution is 2.64. The lowest BCUT2D eigenvalue weighted by molar-refractivity contribution is -0.164. The number of rotatable bonds is 4. The predicted molar refractivity (Wildman–Crippen MR) is 94.1 cm³/mol. The molecule has 5 nitrogen and oxygen atoms in total. The molecule has 0 amide bonds. The number of carbonyl (C=O) groups is 2. The van der Waals surface area contributed by atoms with Crippen LogP contribution in [-0.4, -0.2) is 17.6 Å². The van der Waals surface area contributed by atoms with Gasteiger partial charge in [-0.05, 0) is 41.9 Å². The zero-order chi connectivity index (χ0) is 17.5. The smallest absolute Gasteiger partial charge is 0.349 e. The highest BCUT2D eigenvalue weighted by atomic mass is 79.9. The third kappa shape index (κ3) is 2.57. The van der Waals surface area contributed by atoms with Gasteiger partial charge in [0, 0.05) is 17.3 Å². The lowest BCUT2D eigenvalue weighted by Crippen LogP contribution is -2.44. The Kier molecular flexibility index (Phi) is 4.28. The van der Waals surface area contributed by atoms with Crippen molar-refractivity contribution in [2.75, 3.05) is 0 Å². The number of carbonyl (C=O) groups excluding carboxylic acids is 2. The lowest BCUT2D eigenvalue weighted by Gasteiger charge is -2.32. The summed E-state index contributed by atoms with van der Waals surface area (Å²) in [6, 6.07) is 7.65. The van der Waals surface area contributed by atoms with E-state index in [1.807, 2.05) is 38.1 Å². The van der Waals surface area contributed by atoms with Crippen LogP contribution in [0.1, 0.15) is 38.7 Å². The maximum Gasteiger partial charge on any atom is 0.349 e. The van der Waals surface area contributed by atoms with Crippen LogP contribution in [0.4, 0.5) is 0 Å². The van der Waals surface area contributed by atoms with Crippen molar-refractivity contribution in [2.24, 2.45) is 27.6 Å². The molecule has 0 aromatic heterocycles. The summed E-state index contributed by atoms with van der Waals surface area (Å²) in [6.45, 7) is 3.96. The Bertz CT molecular complexity index is 711. The lowest BCUT2D eigenvalue weighted by atomic mass is 9.69. The molecule has 1 aromatic rings. The normalized spacial score (nSPS) is 28.2. The Hall–Kier alpha value is -1.69. The Labute approximate surface area is 149 Å². The van der Waals surface area contributed by atoms with Crippen molar-refractivity contribution >= 4 is 33.5 Å². The molecular weight excluding hydrogens is 372 g/mol. The van der Waals surface area contributed by atoms with E-state index in [-0.39, 0.29) is 23.0 Å². The second-order valence-corrected chi connectivity index (χ2v) is 8.17. The number of halogens is 1. The molecule has 0 radical (unpaired) electrons. The van der Waals surface area contributed by atoms with Crippen LogP contribution in [0.15, 0.2) is 33.9 Å². The monoisotopic (exact) mass is 392 g/mol. The molecule has 2 aliphatic carbocycles. The van der Waals surface area contributed by atoms with Crippen LogP contribution in [-0.2, 0) is 20.8 Å². The van der Waals surface area contributed by atoms with E-state index in [1.54, 1.807) is 0 Å². The number of oxime groups is 1. The topological polar surface area (TPSA) is 81.8 Å². The van der Waals surface area contributed by atoms with Gasteiger partial charge in [0.15, 0.2) is 5.78 Å². The number of fused-ring (bicyclic) bond motifs is 2. The zero-order valence-corrected chi connectivity index (χ0v) is 15.4. The second-order valence-electron chi connectivity index (χ2n) is 7.25. The van der Waals surface area contributed by atoms with Gasteiger partial charge in [0.1, 0.15) is 11.3 Å². The van der Waals surface area contributed by atoms with Crippen LogP contribution >= 0.6 is 15.9 Å². The molecule has 2 saturated carbocycles. The summed E-state index contributed by atoms with van der Waals surface area (Å²) in [5.41, 5.74) is 5.39. The van der Waals surface area contributed by atoms with Crippen LogP contribution < -0.4 is 5.73 Å². The largest absolute Gasteiger partial charge is 0.384 e. The standard InChI is InChI=1S/C18H21BrN2O3/c1-17(2)12-7-8-18(17,14(22)10-12)16(23)24-21-15(20)9-11-3-5-13(19)6-4-11/h3-6,12H,7-10H2,1-2H3,(H2,20,21)/t12-,18+/m1/s1. The van der Waals surface area contributed by atoms with E-state index in [1.165, 1.54) is 0 Å². The van der Waals surface area contributed by atoms with Crippen molar-refractivity contribution < 1.29 is 14.4 Å². The van der Waals surface area contributed by atoms with Crippen molar-refractivity contribution in [3.63, 3.8) is 0 Å². The number of hydrogen-bond acceptors (Lipinski definition) is 4. The Morgan fingerprint density at radius 1 is 1.38 bits per heavy atom. The molecule has 0 unspecified atom stereocenters. The fourth-order valence-corrected chi connectivity index (χ4v) is 4.44. The van der Waals surface area contributed by atoms with Crippen LogP contribution in [0.25, 0.3) is 0 Å². The van der Waals surface area contributed by atoms with E-state index >= 15 is 0 Å². The van der Waals surface area contributed by atoms with Gasteiger partial charge in [-0.15, -0.1) is 0 Å². The van der Waals surface area contributed by atoms with Crippen LogP contribution in [0.5, 0.6) is 0 Å². The van der Waals surface area contributed by atoms with E-state index in [4.69, 9.17) is 10.6 Å². The molecule has 0 spiro atoms. The summed E-state index contributed by atoms with van der Waals surface area (Å²) < 4.78 is 0.977. The summed E-state index contributed by atoms with van der Waals surface area (Å²) in [5.74, 6) is -0.117. The molecule has 2 fully saturated rings. The number of nitrogens with two attached hydrogens (primary N) is 1. The number of hydrogen-bond donors (Lipinski definition) is 1. The minimum atomic E-state index is -1.06. The first-order chi connectivity index (χ1) is 11.3. The second kappa shape index (κ2) is 5.99. The predicted octanol–water partition coefficient (Wildman–Crippen LogP) is 3.20. The zero-order valence-electron chi connectivity index (χ0n) is 13.8. The average Bonchev–Trinajstić information content (AvgIpc) is 2.90. The minimum absolute atomic E-state index is 0.0181. The fourth-order valence-electron chi connectivity index (χ4n) is 4.18. The molecule has 2 aliphatic rings. The van der Waals surface area contributed by atoms with Gasteiger partial charge in [-0.1, -0.05) is 47.1 Å². The fraction of sp³-hybridized carbons (Fsp3) is 0.500. The SMILES string of the molecule is CC1(C)[C@@H]2CC[C@@]1(C(=O)O/N=C(\N)Cc1ccc(Br)cc1)C(=O)C2. The van der Waals surface area contributed by atoms with E-state index < -0.39 is 11.4 Å².